The number of amides is 1. The normalized spacial score (nSPS) is 15.5. The Hall–Kier alpha value is -5.20. The largest absolute Gasteiger partial charge is 0.469 e. The highest BCUT2D eigenvalue weighted by Gasteiger charge is 2.35. The Morgan fingerprint density at radius 2 is 1.38 bits per heavy atom. The van der Waals surface area contributed by atoms with Crippen LogP contribution in [0.4, 0.5) is 17.1 Å². The van der Waals surface area contributed by atoms with Gasteiger partial charge in [0.1, 0.15) is 0 Å². The SMILES string of the molecule is CCN(CC)c1ccc(NC(=O)c2cccc(S(=O)(=O)N(CC)C3CCC(C(=O)OC)CC3)c2)c(CNc2ccc(CCc3ccc(C(=O)OC)cc3)cc2)c1. The fourth-order valence-corrected chi connectivity index (χ4v) is 9.09. The quantitative estimate of drug-likeness (QED) is 0.103. The van der Waals surface area contributed by atoms with E-state index in [1.807, 2.05) is 43.3 Å². The van der Waals surface area contributed by atoms with Crippen molar-refractivity contribution in [1.29, 1.82) is 0 Å². The van der Waals surface area contributed by atoms with Gasteiger partial charge < -0.3 is 25.0 Å². The minimum atomic E-state index is -3.91. The molecule has 4 aromatic rings. The van der Waals surface area contributed by atoms with E-state index in [4.69, 9.17) is 9.47 Å². The van der Waals surface area contributed by atoms with Gasteiger partial charge in [-0.1, -0.05) is 37.3 Å². The van der Waals surface area contributed by atoms with E-state index in [1.54, 1.807) is 24.3 Å². The molecule has 0 unspecified atom stereocenters. The van der Waals surface area contributed by atoms with Crippen LogP contribution >= 0.6 is 0 Å². The second-order valence-corrected chi connectivity index (χ2v) is 15.9. The number of anilines is 3. The summed E-state index contributed by atoms with van der Waals surface area (Å²) in [4.78, 5) is 39.8. The van der Waals surface area contributed by atoms with Gasteiger partial charge in [-0.25, -0.2) is 13.2 Å². The van der Waals surface area contributed by atoms with E-state index in [-0.39, 0.29) is 40.9 Å². The van der Waals surface area contributed by atoms with Gasteiger partial charge in [-0.15, -0.1) is 0 Å². The first-order chi connectivity index (χ1) is 27.0. The smallest absolute Gasteiger partial charge is 0.337 e. The number of rotatable bonds is 17. The van der Waals surface area contributed by atoms with Crippen LogP contribution in [-0.4, -0.2) is 70.5 Å². The van der Waals surface area contributed by atoms with Gasteiger partial charge in [-0.05, 0) is 130 Å². The predicted molar refractivity (Wildman–Crippen MR) is 221 cm³/mol. The van der Waals surface area contributed by atoms with Gasteiger partial charge in [0.05, 0.1) is 30.6 Å². The maximum absolute atomic E-state index is 13.9. The van der Waals surface area contributed by atoms with Crippen LogP contribution in [-0.2, 0) is 43.7 Å². The summed E-state index contributed by atoms with van der Waals surface area (Å²) in [6, 6.07) is 27.6. The van der Waals surface area contributed by atoms with E-state index in [9.17, 15) is 22.8 Å². The zero-order chi connectivity index (χ0) is 40.2. The van der Waals surface area contributed by atoms with Gasteiger partial charge in [0, 0.05) is 54.8 Å². The molecule has 11 nitrogen and oxygen atoms in total. The number of carbonyl (C=O) groups is 3. The van der Waals surface area contributed by atoms with Gasteiger partial charge in [-0.2, -0.15) is 4.31 Å². The van der Waals surface area contributed by atoms with Gasteiger partial charge in [0.15, 0.2) is 0 Å². The highest BCUT2D eigenvalue weighted by Crippen LogP contribution is 2.32. The second-order valence-electron chi connectivity index (χ2n) is 14.0. The molecule has 1 saturated carbocycles. The van der Waals surface area contributed by atoms with Crippen LogP contribution in [0.3, 0.4) is 0 Å². The van der Waals surface area contributed by atoms with Crippen LogP contribution in [0.5, 0.6) is 0 Å². The molecule has 298 valence electrons. The first-order valence-corrected chi connectivity index (χ1v) is 20.8. The number of esters is 2. The van der Waals surface area contributed by atoms with Crippen molar-refractivity contribution < 1.29 is 32.3 Å². The molecule has 5 rings (SSSR count). The molecule has 1 aliphatic rings. The van der Waals surface area contributed by atoms with Gasteiger partial charge in [0.25, 0.3) is 5.91 Å². The average molecular weight is 783 g/mol. The maximum Gasteiger partial charge on any atom is 0.337 e. The summed E-state index contributed by atoms with van der Waals surface area (Å²) in [5.41, 5.74) is 6.55. The maximum atomic E-state index is 13.9. The van der Waals surface area contributed by atoms with Gasteiger partial charge >= 0.3 is 11.9 Å². The molecule has 2 N–H and O–H groups in total. The number of sulfonamides is 1. The van der Waals surface area contributed by atoms with Crippen LogP contribution in [0.25, 0.3) is 0 Å². The Balaban J connectivity index is 1.27. The molecule has 0 atom stereocenters. The fourth-order valence-electron chi connectivity index (χ4n) is 7.35. The van der Waals surface area contributed by atoms with Gasteiger partial charge in [0.2, 0.25) is 10.0 Å². The lowest BCUT2D eigenvalue weighted by Crippen LogP contribution is -2.43. The van der Waals surface area contributed by atoms with E-state index >= 15 is 0 Å². The molecule has 0 bridgehead atoms. The first kappa shape index (κ1) is 42.0. The fraction of sp³-hybridized carbons (Fsp3) is 0.386. The molecule has 4 aromatic carbocycles. The second kappa shape index (κ2) is 19.6. The number of carbonyl (C=O) groups excluding carboxylic acids is 3. The minimum absolute atomic E-state index is 0.0563. The summed E-state index contributed by atoms with van der Waals surface area (Å²) in [6.45, 7) is 8.38. The monoisotopic (exact) mass is 782 g/mol. The lowest BCUT2D eigenvalue weighted by atomic mass is 9.86. The van der Waals surface area contributed by atoms with Crippen LogP contribution in [0, 0.1) is 5.92 Å². The topological polar surface area (TPSA) is 134 Å². The Morgan fingerprint density at radius 1 is 0.732 bits per heavy atom. The van der Waals surface area contributed by atoms with E-state index in [1.165, 1.54) is 36.2 Å². The molecule has 0 aromatic heterocycles. The Morgan fingerprint density at radius 3 is 1.96 bits per heavy atom. The van der Waals surface area contributed by atoms with Crippen molar-refractivity contribution >= 4 is 44.9 Å². The molecule has 56 heavy (non-hydrogen) atoms. The van der Waals surface area contributed by atoms with E-state index < -0.39 is 15.9 Å². The van der Waals surface area contributed by atoms with Crippen LogP contribution in [0.15, 0.2) is 95.9 Å². The highest BCUT2D eigenvalue weighted by molar-refractivity contribution is 7.89. The lowest BCUT2D eigenvalue weighted by molar-refractivity contribution is -0.146. The number of methoxy groups -OCH3 is 2. The molecule has 0 spiro atoms. The van der Waals surface area contributed by atoms with Crippen molar-refractivity contribution in [2.75, 3.05) is 49.4 Å². The van der Waals surface area contributed by atoms with E-state index in [2.05, 4.69) is 47.6 Å². The van der Waals surface area contributed by atoms with Crippen LogP contribution in [0.1, 0.15) is 83.9 Å². The van der Waals surface area contributed by atoms with E-state index in [0.29, 0.717) is 43.5 Å². The van der Waals surface area contributed by atoms with Crippen LogP contribution < -0.4 is 15.5 Å². The molecular weight excluding hydrogens is 729 g/mol. The summed E-state index contributed by atoms with van der Waals surface area (Å²) in [6.07, 6.45) is 3.94. The molecule has 12 heteroatoms. The molecule has 1 fully saturated rings. The number of hydrogen-bond acceptors (Lipinski definition) is 9. The summed E-state index contributed by atoms with van der Waals surface area (Å²) >= 11 is 0. The standard InChI is InChI=1S/C44H54N4O7S/c1-6-47(7-2)39-26-27-41(36(28-39)30-45-37-22-16-32(17-23-37)13-12-31-14-18-33(19-15-31)43(50)54-4)46-42(49)35-10-9-11-40(29-35)56(52,53)48(8-3)38-24-20-34(21-25-38)44(51)55-5/h9-11,14-19,22-23,26-29,34,38,45H,6-8,12-13,20-21,24-25,30H2,1-5H3,(H,46,49). The Labute approximate surface area is 331 Å². The number of nitrogens with one attached hydrogen (secondary N) is 2. The summed E-state index contributed by atoms with van der Waals surface area (Å²) < 4.78 is 39.1. The van der Waals surface area contributed by atoms with Gasteiger partial charge in [-0.3, -0.25) is 9.59 Å². The lowest BCUT2D eigenvalue weighted by Gasteiger charge is -2.34. The number of aryl methyl sites for hydroxylation is 2. The first-order valence-electron chi connectivity index (χ1n) is 19.4. The van der Waals surface area contributed by atoms with Crippen molar-refractivity contribution in [3.05, 3.63) is 119 Å². The molecule has 0 saturated heterocycles. The molecule has 0 radical (unpaired) electrons. The third-order valence-corrected chi connectivity index (χ3v) is 12.7. The van der Waals surface area contributed by atoms with Crippen LogP contribution in [0.2, 0.25) is 0 Å². The van der Waals surface area contributed by atoms with E-state index in [0.717, 1.165) is 48.4 Å². The predicted octanol–water partition coefficient (Wildman–Crippen LogP) is 7.71. The molecule has 1 amide bonds. The van der Waals surface area contributed by atoms with Crippen molar-refractivity contribution in [2.45, 2.75) is 76.8 Å². The van der Waals surface area contributed by atoms with Crippen molar-refractivity contribution in [3.8, 4) is 0 Å². The summed E-state index contributed by atoms with van der Waals surface area (Å²) in [7, 11) is -1.16. The zero-order valence-corrected chi connectivity index (χ0v) is 33.9. The van der Waals surface area contributed by atoms with Crippen molar-refractivity contribution in [2.24, 2.45) is 5.92 Å². The number of nitrogens with zero attached hydrogens (tertiary/aromatic N) is 2. The average Bonchev–Trinajstić information content (AvgIpc) is 3.23. The Bertz CT molecular complexity index is 2060. The highest BCUT2D eigenvalue weighted by atomic mass is 32.2. The number of hydrogen-bond donors (Lipinski definition) is 2. The third kappa shape index (κ3) is 10.3. The van der Waals surface area contributed by atoms with Crippen molar-refractivity contribution in [3.63, 3.8) is 0 Å². The Kier molecular flexibility index (Phi) is 14.7. The number of benzene rings is 4. The summed E-state index contributed by atoms with van der Waals surface area (Å²) in [5.74, 6) is -1.22. The molecule has 0 aliphatic heterocycles. The molecular formula is C44H54N4O7S. The third-order valence-electron chi connectivity index (χ3n) is 10.6. The molecule has 0 heterocycles. The number of ether oxygens (including phenoxy) is 2. The van der Waals surface area contributed by atoms with Crippen molar-refractivity contribution in [1.82, 2.24) is 4.31 Å². The summed E-state index contributed by atoms with van der Waals surface area (Å²) in [5, 5.41) is 6.56. The molecule has 1 aliphatic carbocycles. The zero-order valence-electron chi connectivity index (χ0n) is 33.0. The minimum Gasteiger partial charge on any atom is -0.469 e.